The predicted molar refractivity (Wildman–Crippen MR) is 113 cm³/mol. The lowest BCUT2D eigenvalue weighted by Gasteiger charge is -1.90. The van der Waals surface area contributed by atoms with Crippen molar-refractivity contribution >= 4 is 12.6 Å². The van der Waals surface area contributed by atoms with E-state index in [0.29, 0.717) is 0 Å². The first-order chi connectivity index (χ1) is 12.5. The van der Waals surface area contributed by atoms with Crippen molar-refractivity contribution in [1.29, 1.82) is 0 Å². The van der Waals surface area contributed by atoms with Gasteiger partial charge in [0.05, 0.1) is 0 Å². The maximum absolute atomic E-state index is 10.2. The quantitative estimate of drug-likeness (QED) is 0.278. The van der Waals surface area contributed by atoms with Crippen molar-refractivity contribution in [1.82, 2.24) is 0 Å². The van der Waals surface area contributed by atoms with Gasteiger partial charge in [0.15, 0.2) is 0 Å². The van der Waals surface area contributed by atoms with Gasteiger partial charge in [-0.15, -0.1) is 0 Å². The molecule has 0 unspecified atom stereocenters. The summed E-state index contributed by atoms with van der Waals surface area (Å²) < 4.78 is 0. The summed E-state index contributed by atoms with van der Waals surface area (Å²) >= 11 is 0. The van der Waals surface area contributed by atoms with E-state index >= 15 is 0 Å². The molecule has 0 saturated heterocycles. The SMILES string of the molecule is CC(C=CC=C(C)C=CC=O)=CC=CC=C(C)C=CC=C(C)C=CC=O. The van der Waals surface area contributed by atoms with E-state index in [4.69, 9.17) is 0 Å². The summed E-state index contributed by atoms with van der Waals surface area (Å²) in [7, 11) is 0. The van der Waals surface area contributed by atoms with Crippen molar-refractivity contribution in [3.8, 4) is 0 Å². The van der Waals surface area contributed by atoms with Crippen LogP contribution in [-0.2, 0) is 9.59 Å². The van der Waals surface area contributed by atoms with Crippen LogP contribution in [0.3, 0.4) is 0 Å². The highest BCUT2D eigenvalue weighted by molar-refractivity contribution is 5.66. The molecular formula is C24H28O2. The molecule has 0 N–H and O–H groups in total. The minimum atomic E-state index is 0.768. The highest BCUT2D eigenvalue weighted by Crippen LogP contribution is 2.02. The highest BCUT2D eigenvalue weighted by Gasteiger charge is 1.81. The molecule has 2 nitrogen and oxygen atoms in total. The van der Waals surface area contributed by atoms with Crippen molar-refractivity contribution in [2.24, 2.45) is 0 Å². The minimum Gasteiger partial charge on any atom is -0.299 e. The summed E-state index contributed by atoms with van der Waals surface area (Å²) in [6.07, 6.45) is 27.9. The van der Waals surface area contributed by atoms with Crippen molar-refractivity contribution in [2.75, 3.05) is 0 Å². The molecule has 0 aromatic carbocycles. The smallest absolute Gasteiger partial charge is 0.142 e. The Morgan fingerprint density at radius 2 is 0.692 bits per heavy atom. The predicted octanol–water partition coefficient (Wildman–Crippen LogP) is 5.95. The molecule has 0 bridgehead atoms. The van der Waals surface area contributed by atoms with Gasteiger partial charge in [0.1, 0.15) is 12.6 Å². The normalized spacial score (nSPS) is 15.4. The maximum Gasteiger partial charge on any atom is 0.142 e. The molecule has 0 aliphatic rings. The summed E-state index contributed by atoms with van der Waals surface area (Å²) in [5, 5.41) is 0. The minimum absolute atomic E-state index is 0.768. The van der Waals surface area contributed by atoms with Crippen molar-refractivity contribution < 1.29 is 9.59 Å². The Morgan fingerprint density at radius 3 is 1.00 bits per heavy atom. The van der Waals surface area contributed by atoms with Crippen molar-refractivity contribution in [2.45, 2.75) is 27.7 Å². The monoisotopic (exact) mass is 348 g/mol. The number of hydrogen-bond donors (Lipinski definition) is 0. The number of aldehydes is 2. The van der Waals surface area contributed by atoms with Gasteiger partial charge in [-0.2, -0.15) is 0 Å². The van der Waals surface area contributed by atoms with Crippen LogP contribution in [0.15, 0.2) is 107 Å². The fraction of sp³-hybridized carbons (Fsp3) is 0.167. The number of rotatable bonds is 10. The zero-order valence-corrected chi connectivity index (χ0v) is 16.1. The zero-order valence-electron chi connectivity index (χ0n) is 16.1. The third-order valence-electron chi connectivity index (χ3n) is 3.14. The van der Waals surface area contributed by atoms with Gasteiger partial charge >= 0.3 is 0 Å². The van der Waals surface area contributed by atoms with Crippen LogP contribution in [0.5, 0.6) is 0 Å². The molecule has 0 aliphatic carbocycles. The molecule has 0 heterocycles. The first-order valence-electron chi connectivity index (χ1n) is 8.45. The molecule has 0 amide bonds. The first-order valence-corrected chi connectivity index (χ1v) is 8.45. The van der Waals surface area contributed by atoms with Gasteiger partial charge in [0.2, 0.25) is 0 Å². The molecule has 136 valence electrons. The summed E-state index contributed by atoms with van der Waals surface area (Å²) in [4.78, 5) is 20.5. The van der Waals surface area contributed by atoms with E-state index in [2.05, 4.69) is 0 Å². The summed E-state index contributed by atoms with van der Waals surface area (Å²) in [6.45, 7) is 7.95. The average Bonchev–Trinajstić information content (AvgIpc) is 2.61. The van der Waals surface area contributed by atoms with Gasteiger partial charge in [-0.3, -0.25) is 9.59 Å². The Bertz CT molecular complexity index is 653. The fourth-order valence-corrected chi connectivity index (χ4v) is 1.72. The lowest BCUT2D eigenvalue weighted by molar-refractivity contribution is -0.104. The highest BCUT2D eigenvalue weighted by atomic mass is 16.1. The van der Waals surface area contributed by atoms with E-state index in [-0.39, 0.29) is 0 Å². The molecule has 0 radical (unpaired) electrons. The molecule has 0 spiro atoms. The van der Waals surface area contributed by atoms with E-state index < -0.39 is 0 Å². The van der Waals surface area contributed by atoms with Crippen LogP contribution in [0.1, 0.15) is 27.7 Å². The molecule has 0 aromatic heterocycles. The molecule has 0 aromatic rings. The van der Waals surface area contributed by atoms with Gasteiger partial charge in [-0.25, -0.2) is 0 Å². The summed E-state index contributed by atoms with van der Waals surface area (Å²) in [5.41, 5.74) is 4.31. The van der Waals surface area contributed by atoms with E-state index in [1.807, 2.05) is 88.5 Å². The molecule has 0 rings (SSSR count). The van der Waals surface area contributed by atoms with Crippen molar-refractivity contribution in [3.05, 3.63) is 107 Å². The van der Waals surface area contributed by atoms with Gasteiger partial charge in [0, 0.05) is 0 Å². The van der Waals surface area contributed by atoms with E-state index in [1.54, 1.807) is 12.2 Å². The average molecular weight is 348 g/mol. The Balaban J connectivity index is 4.61. The molecule has 0 aliphatic heterocycles. The topological polar surface area (TPSA) is 34.1 Å². The lowest BCUT2D eigenvalue weighted by atomic mass is 10.2. The summed E-state index contributed by atoms with van der Waals surface area (Å²) in [6, 6.07) is 0. The Morgan fingerprint density at radius 1 is 0.423 bits per heavy atom. The van der Waals surface area contributed by atoms with E-state index in [9.17, 15) is 9.59 Å². The van der Waals surface area contributed by atoms with Gasteiger partial charge in [-0.05, 0) is 39.8 Å². The van der Waals surface area contributed by atoms with Crippen LogP contribution in [0.25, 0.3) is 0 Å². The third-order valence-corrected chi connectivity index (χ3v) is 3.14. The fourth-order valence-electron chi connectivity index (χ4n) is 1.72. The number of carbonyl (C=O) groups excluding carboxylic acids is 2. The molecule has 0 atom stereocenters. The first kappa shape index (κ1) is 23.0. The second-order valence-corrected chi connectivity index (χ2v) is 5.74. The van der Waals surface area contributed by atoms with Crippen LogP contribution in [0.2, 0.25) is 0 Å². The van der Waals surface area contributed by atoms with Crippen LogP contribution < -0.4 is 0 Å². The Labute approximate surface area is 157 Å². The third kappa shape index (κ3) is 14.6. The molecule has 2 heteroatoms. The number of hydrogen-bond acceptors (Lipinski definition) is 2. The van der Waals surface area contributed by atoms with Crippen molar-refractivity contribution in [3.63, 3.8) is 0 Å². The molecular weight excluding hydrogens is 320 g/mol. The van der Waals surface area contributed by atoms with Crippen LogP contribution >= 0.6 is 0 Å². The molecule has 0 fully saturated rings. The van der Waals surface area contributed by atoms with Crippen LogP contribution in [-0.4, -0.2) is 12.6 Å². The number of allylic oxidation sites excluding steroid dienone is 18. The zero-order chi connectivity index (χ0) is 19.6. The standard InChI is InChI=1S/C24H28O2/c1-21(13-7-15-23(3)17-9-19-25)11-5-6-12-22(2)14-8-16-24(4)18-10-20-26/h5-20H,1-4H3. The largest absolute Gasteiger partial charge is 0.299 e. The molecule has 26 heavy (non-hydrogen) atoms. The van der Waals surface area contributed by atoms with E-state index in [1.165, 1.54) is 12.2 Å². The van der Waals surface area contributed by atoms with Gasteiger partial charge < -0.3 is 0 Å². The van der Waals surface area contributed by atoms with Gasteiger partial charge in [0.25, 0.3) is 0 Å². The second kappa shape index (κ2) is 15.5. The number of carbonyl (C=O) groups is 2. The van der Waals surface area contributed by atoms with Gasteiger partial charge in [-0.1, -0.05) is 95.2 Å². The van der Waals surface area contributed by atoms with Crippen LogP contribution in [0, 0.1) is 0 Å². The Hall–Kier alpha value is -3.00. The maximum atomic E-state index is 10.2. The lowest BCUT2D eigenvalue weighted by Crippen LogP contribution is -1.70. The summed E-state index contributed by atoms with van der Waals surface area (Å²) in [5.74, 6) is 0. The second-order valence-electron chi connectivity index (χ2n) is 5.74. The molecule has 0 saturated carbocycles. The van der Waals surface area contributed by atoms with Crippen LogP contribution in [0.4, 0.5) is 0 Å². The Kier molecular flexibility index (Phi) is 13.7. The van der Waals surface area contributed by atoms with E-state index in [0.717, 1.165) is 34.9 Å².